The number of aromatic nitrogens is 1. The molecular weight excluding hydrogens is 392 g/mol. The van der Waals surface area contributed by atoms with Gasteiger partial charge in [0.15, 0.2) is 0 Å². The normalized spacial score (nSPS) is 16.1. The van der Waals surface area contributed by atoms with Gasteiger partial charge in [-0.05, 0) is 54.3 Å². The number of methoxy groups -OCH3 is 1. The molecule has 8 heteroatoms. The smallest absolute Gasteiger partial charge is 0.305 e. The highest BCUT2D eigenvalue weighted by molar-refractivity contribution is 7.89. The van der Waals surface area contributed by atoms with Crippen LogP contribution in [0.3, 0.4) is 0 Å². The molecule has 2 aromatic carbocycles. The summed E-state index contributed by atoms with van der Waals surface area (Å²) in [6.45, 7) is 0.386. The van der Waals surface area contributed by atoms with Crippen LogP contribution in [0.5, 0.6) is 5.75 Å². The molecule has 1 aromatic heterocycles. The Hall–Kier alpha value is -2.84. The summed E-state index contributed by atoms with van der Waals surface area (Å²) in [6.07, 6.45) is 3.14. The second kappa shape index (κ2) is 7.53. The van der Waals surface area contributed by atoms with E-state index in [0.29, 0.717) is 25.1 Å². The average Bonchev–Trinajstić information content (AvgIpc) is 3.05. The number of nitrogens with zero attached hydrogens (tertiary/aromatic N) is 1. The van der Waals surface area contributed by atoms with E-state index in [0.717, 1.165) is 22.0 Å². The Morgan fingerprint density at radius 3 is 2.59 bits per heavy atom. The standard InChI is InChI=1S/C21H22N2O5S/c1-28-17-5-7-18(8-6-17)29(26,27)22-16-11-14-3-2-4-19-21(14)15(12-16)13-23(19)10-9-20(24)25/h2-8,13,16,22H,9-12H2,1H3,(H,24,25). The van der Waals surface area contributed by atoms with Crippen LogP contribution in [0.2, 0.25) is 0 Å². The first-order chi connectivity index (χ1) is 13.9. The van der Waals surface area contributed by atoms with Crippen molar-refractivity contribution in [1.29, 1.82) is 0 Å². The molecule has 0 amide bonds. The molecule has 2 N–H and O–H groups in total. The molecule has 0 spiro atoms. The molecule has 0 radical (unpaired) electrons. The third-order valence-electron chi connectivity index (χ3n) is 5.26. The van der Waals surface area contributed by atoms with Gasteiger partial charge in [-0.25, -0.2) is 13.1 Å². The van der Waals surface area contributed by atoms with Crippen LogP contribution in [0.25, 0.3) is 10.9 Å². The predicted molar refractivity (Wildman–Crippen MR) is 109 cm³/mol. The number of aliphatic carboxylic acids is 1. The molecule has 0 aliphatic heterocycles. The molecule has 0 fully saturated rings. The fourth-order valence-electron chi connectivity index (χ4n) is 3.97. The highest BCUT2D eigenvalue weighted by Gasteiger charge is 2.27. The Morgan fingerprint density at radius 1 is 1.17 bits per heavy atom. The van der Waals surface area contributed by atoms with E-state index in [-0.39, 0.29) is 17.4 Å². The van der Waals surface area contributed by atoms with Gasteiger partial charge in [-0.2, -0.15) is 0 Å². The third kappa shape index (κ3) is 3.86. The summed E-state index contributed by atoms with van der Waals surface area (Å²) in [5.74, 6) is -0.245. The molecule has 4 rings (SSSR count). The van der Waals surface area contributed by atoms with Gasteiger partial charge in [-0.15, -0.1) is 0 Å². The average molecular weight is 414 g/mol. The molecule has 1 heterocycles. The fourth-order valence-corrected chi connectivity index (χ4v) is 5.21. The van der Waals surface area contributed by atoms with Crippen molar-refractivity contribution < 1.29 is 23.1 Å². The van der Waals surface area contributed by atoms with Crippen LogP contribution in [0, 0.1) is 0 Å². The van der Waals surface area contributed by atoms with Gasteiger partial charge in [0.25, 0.3) is 0 Å². The lowest BCUT2D eigenvalue weighted by Gasteiger charge is -2.23. The number of aryl methyl sites for hydroxylation is 1. The lowest BCUT2D eigenvalue weighted by Crippen LogP contribution is -2.39. The molecular formula is C21H22N2O5S. The Bertz CT molecular complexity index is 1170. The number of carbonyl (C=O) groups is 1. The van der Waals surface area contributed by atoms with Crippen molar-refractivity contribution in [3.05, 3.63) is 59.8 Å². The van der Waals surface area contributed by atoms with Gasteiger partial charge in [0.1, 0.15) is 5.75 Å². The summed E-state index contributed by atoms with van der Waals surface area (Å²) in [5.41, 5.74) is 3.10. The number of sulfonamides is 1. The Balaban J connectivity index is 1.58. The minimum Gasteiger partial charge on any atom is -0.497 e. The summed E-state index contributed by atoms with van der Waals surface area (Å²) in [5, 5.41) is 10.1. The second-order valence-corrected chi connectivity index (χ2v) is 8.92. The number of ether oxygens (including phenoxy) is 1. The molecule has 1 aliphatic rings. The molecule has 3 aromatic rings. The zero-order valence-corrected chi connectivity index (χ0v) is 16.8. The van der Waals surface area contributed by atoms with Crippen LogP contribution in [-0.2, 0) is 34.2 Å². The van der Waals surface area contributed by atoms with Crippen molar-refractivity contribution in [3.8, 4) is 5.75 Å². The summed E-state index contributed by atoms with van der Waals surface area (Å²) in [7, 11) is -2.13. The van der Waals surface area contributed by atoms with E-state index in [4.69, 9.17) is 9.84 Å². The highest BCUT2D eigenvalue weighted by atomic mass is 32.2. The van der Waals surface area contributed by atoms with Gasteiger partial charge in [0.2, 0.25) is 10.0 Å². The van der Waals surface area contributed by atoms with E-state index in [9.17, 15) is 13.2 Å². The second-order valence-electron chi connectivity index (χ2n) is 7.20. The summed E-state index contributed by atoms with van der Waals surface area (Å²) >= 11 is 0. The van der Waals surface area contributed by atoms with Crippen LogP contribution in [0.15, 0.2) is 53.6 Å². The lowest BCUT2D eigenvalue weighted by atomic mass is 9.90. The molecule has 29 heavy (non-hydrogen) atoms. The minimum atomic E-state index is -3.66. The van der Waals surface area contributed by atoms with Crippen molar-refractivity contribution >= 4 is 26.9 Å². The maximum absolute atomic E-state index is 12.8. The lowest BCUT2D eigenvalue weighted by molar-refractivity contribution is -0.137. The zero-order valence-electron chi connectivity index (χ0n) is 16.0. The summed E-state index contributed by atoms with van der Waals surface area (Å²) < 4.78 is 35.5. The maximum Gasteiger partial charge on any atom is 0.305 e. The van der Waals surface area contributed by atoms with Crippen LogP contribution in [0.1, 0.15) is 17.5 Å². The first-order valence-electron chi connectivity index (χ1n) is 9.35. The first-order valence-corrected chi connectivity index (χ1v) is 10.8. The number of carboxylic acids is 1. The number of hydrogen-bond donors (Lipinski definition) is 2. The van der Waals surface area contributed by atoms with Crippen molar-refractivity contribution in [2.75, 3.05) is 7.11 Å². The monoisotopic (exact) mass is 414 g/mol. The summed E-state index contributed by atoms with van der Waals surface area (Å²) in [4.78, 5) is 11.1. The van der Waals surface area contributed by atoms with Gasteiger partial charge in [-0.1, -0.05) is 12.1 Å². The van der Waals surface area contributed by atoms with Crippen LogP contribution in [-0.4, -0.2) is 37.2 Å². The first kappa shape index (κ1) is 19.5. The van der Waals surface area contributed by atoms with Crippen molar-refractivity contribution in [3.63, 3.8) is 0 Å². The molecule has 1 unspecified atom stereocenters. The molecule has 152 valence electrons. The maximum atomic E-state index is 12.8. The molecule has 1 atom stereocenters. The zero-order chi connectivity index (χ0) is 20.6. The largest absolute Gasteiger partial charge is 0.497 e. The molecule has 7 nitrogen and oxygen atoms in total. The topological polar surface area (TPSA) is 97.6 Å². The highest BCUT2D eigenvalue weighted by Crippen LogP contribution is 2.32. The quantitative estimate of drug-likeness (QED) is 0.619. The van der Waals surface area contributed by atoms with Crippen molar-refractivity contribution in [2.24, 2.45) is 0 Å². The minimum absolute atomic E-state index is 0.0426. The van der Waals surface area contributed by atoms with E-state index >= 15 is 0 Å². The molecule has 1 aliphatic carbocycles. The summed E-state index contributed by atoms with van der Waals surface area (Å²) in [6, 6.07) is 11.9. The van der Waals surface area contributed by atoms with E-state index in [1.807, 2.05) is 29.0 Å². The number of benzene rings is 2. The molecule has 0 bridgehead atoms. The third-order valence-corrected chi connectivity index (χ3v) is 6.80. The Morgan fingerprint density at radius 2 is 1.90 bits per heavy atom. The van der Waals surface area contributed by atoms with Crippen molar-refractivity contribution in [1.82, 2.24) is 9.29 Å². The predicted octanol–water partition coefficient (Wildman–Crippen LogP) is 2.57. The number of rotatable bonds is 7. The number of carboxylic acid groups (broad SMARTS) is 1. The molecule has 0 saturated heterocycles. The Labute approximate surface area is 169 Å². The van der Waals surface area contributed by atoms with Gasteiger partial charge in [0.05, 0.1) is 18.4 Å². The van der Waals surface area contributed by atoms with Gasteiger partial charge in [-0.3, -0.25) is 4.79 Å². The van der Waals surface area contributed by atoms with E-state index in [1.54, 1.807) is 12.1 Å². The van der Waals surface area contributed by atoms with Crippen molar-refractivity contribution in [2.45, 2.75) is 36.7 Å². The Kier molecular flexibility index (Phi) is 5.06. The number of nitrogens with one attached hydrogen (secondary N) is 1. The van der Waals surface area contributed by atoms with E-state index in [1.165, 1.54) is 19.2 Å². The molecule has 0 saturated carbocycles. The fraction of sp³-hybridized carbons (Fsp3) is 0.286. The van der Waals surface area contributed by atoms with E-state index in [2.05, 4.69) is 4.72 Å². The van der Waals surface area contributed by atoms with Gasteiger partial charge in [0, 0.05) is 29.7 Å². The van der Waals surface area contributed by atoms with Gasteiger partial charge >= 0.3 is 5.97 Å². The van der Waals surface area contributed by atoms with E-state index < -0.39 is 16.0 Å². The van der Waals surface area contributed by atoms with Crippen LogP contribution >= 0.6 is 0 Å². The van der Waals surface area contributed by atoms with Crippen LogP contribution < -0.4 is 9.46 Å². The number of hydrogen-bond acceptors (Lipinski definition) is 4. The SMILES string of the molecule is COc1ccc(S(=O)(=O)NC2Cc3cccc4c3c(cn4CCC(=O)O)C2)cc1. The van der Waals surface area contributed by atoms with Gasteiger partial charge < -0.3 is 14.4 Å². The van der Waals surface area contributed by atoms with Crippen LogP contribution in [0.4, 0.5) is 0 Å².